The van der Waals surface area contributed by atoms with E-state index in [1.54, 1.807) is 29.2 Å². The van der Waals surface area contributed by atoms with E-state index in [9.17, 15) is 15.2 Å². The Morgan fingerprint density at radius 2 is 1.79 bits per heavy atom. The highest BCUT2D eigenvalue weighted by Gasteiger charge is 2.26. The number of anilines is 3. The van der Waals surface area contributed by atoms with Gasteiger partial charge < -0.3 is 14.9 Å². The van der Waals surface area contributed by atoms with Gasteiger partial charge in [0.15, 0.2) is 11.4 Å². The number of aromatic nitrogens is 2. The zero-order chi connectivity index (χ0) is 23.4. The Labute approximate surface area is 193 Å². The molecule has 0 amide bonds. The molecule has 4 rings (SSSR count). The number of nitrogens with zero attached hydrogens (tertiary/aromatic N) is 5. The molecule has 2 heterocycles. The second-order valence-electron chi connectivity index (χ2n) is 7.92. The highest BCUT2D eigenvalue weighted by atomic mass is 16.3. The number of allylic oxidation sites excluding steroid dienone is 1. The minimum Gasteiger partial charge on any atom is -0.506 e. The predicted octanol–water partition coefficient (Wildman–Crippen LogP) is 3.77. The molecule has 2 aromatic carbocycles. The summed E-state index contributed by atoms with van der Waals surface area (Å²) in [5, 5.41) is 20.4. The van der Waals surface area contributed by atoms with Crippen molar-refractivity contribution in [2.75, 3.05) is 29.4 Å². The molecule has 0 atom stereocenters. The van der Waals surface area contributed by atoms with Gasteiger partial charge in [-0.1, -0.05) is 42.5 Å². The van der Waals surface area contributed by atoms with Gasteiger partial charge in [0, 0.05) is 26.2 Å². The van der Waals surface area contributed by atoms with Gasteiger partial charge in [-0.25, -0.2) is 0 Å². The average molecular weight is 442 g/mol. The SMILES string of the molecule is C=CCn1c(N(CC)c2ccccc2O)nc(N2CCc3ccccc3CC2)c(C#N)c1=O. The molecule has 1 aliphatic heterocycles. The fraction of sp³-hybridized carbons (Fsp3) is 0.269. The maximum atomic E-state index is 13.5. The van der Waals surface area contributed by atoms with Crippen molar-refractivity contribution in [3.05, 3.63) is 88.2 Å². The fourth-order valence-electron chi connectivity index (χ4n) is 4.35. The number of benzene rings is 2. The Kier molecular flexibility index (Phi) is 6.45. The molecule has 0 bridgehead atoms. The van der Waals surface area contributed by atoms with E-state index in [2.05, 4.69) is 24.8 Å². The van der Waals surface area contributed by atoms with Crippen molar-refractivity contribution in [2.45, 2.75) is 26.3 Å². The molecule has 0 spiro atoms. The Morgan fingerprint density at radius 3 is 2.36 bits per heavy atom. The van der Waals surface area contributed by atoms with E-state index in [4.69, 9.17) is 4.98 Å². The van der Waals surface area contributed by atoms with E-state index < -0.39 is 5.56 Å². The number of rotatable bonds is 6. The van der Waals surface area contributed by atoms with E-state index in [0.717, 1.165) is 12.8 Å². The lowest BCUT2D eigenvalue weighted by Crippen LogP contribution is -2.36. The second-order valence-corrected chi connectivity index (χ2v) is 7.92. The lowest BCUT2D eigenvalue weighted by molar-refractivity contribution is 0.475. The molecule has 168 valence electrons. The zero-order valence-corrected chi connectivity index (χ0v) is 18.7. The summed E-state index contributed by atoms with van der Waals surface area (Å²) in [6.45, 7) is 7.68. The summed E-state index contributed by atoms with van der Waals surface area (Å²) in [6.07, 6.45) is 3.23. The molecule has 0 radical (unpaired) electrons. The van der Waals surface area contributed by atoms with E-state index in [1.807, 2.05) is 30.0 Å². The molecule has 1 N–H and O–H groups in total. The van der Waals surface area contributed by atoms with Gasteiger partial charge in [-0.2, -0.15) is 10.2 Å². The highest BCUT2D eigenvalue weighted by Crippen LogP contribution is 2.33. The predicted molar refractivity (Wildman–Crippen MR) is 130 cm³/mol. The van der Waals surface area contributed by atoms with Gasteiger partial charge in [0.25, 0.3) is 5.56 Å². The number of aromatic hydroxyl groups is 1. The number of phenols is 1. The van der Waals surface area contributed by atoms with Crippen LogP contribution in [0, 0.1) is 11.3 Å². The normalized spacial score (nSPS) is 13.0. The molecule has 0 saturated heterocycles. The maximum absolute atomic E-state index is 13.5. The van der Waals surface area contributed by atoms with Crippen molar-refractivity contribution in [1.82, 2.24) is 9.55 Å². The Morgan fingerprint density at radius 1 is 1.15 bits per heavy atom. The number of hydrogen-bond acceptors (Lipinski definition) is 6. The van der Waals surface area contributed by atoms with Gasteiger partial charge in [-0.05, 0) is 43.0 Å². The molecule has 0 saturated carbocycles. The van der Waals surface area contributed by atoms with Crippen LogP contribution >= 0.6 is 0 Å². The number of nitriles is 1. The first-order valence-corrected chi connectivity index (χ1v) is 11.1. The van der Waals surface area contributed by atoms with Crippen LogP contribution < -0.4 is 15.4 Å². The van der Waals surface area contributed by atoms with Gasteiger partial charge >= 0.3 is 0 Å². The van der Waals surface area contributed by atoms with E-state index >= 15 is 0 Å². The van der Waals surface area contributed by atoms with Crippen LogP contribution in [0.25, 0.3) is 0 Å². The van der Waals surface area contributed by atoms with Crippen LogP contribution in [0.5, 0.6) is 5.75 Å². The monoisotopic (exact) mass is 441 g/mol. The summed E-state index contributed by atoms with van der Waals surface area (Å²) in [7, 11) is 0. The van der Waals surface area contributed by atoms with E-state index in [-0.39, 0.29) is 17.9 Å². The van der Waals surface area contributed by atoms with Crippen LogP contribution in [0.1, 0.15) is 23.6 Å². The lowest BCUT2D eigenvalue weighted by atomic mass is 10.0. The number of hydrogen-bond donors (Lipinski definition) is 1. The van der Waals surface area contributed by atoms with Crippen LogP contribution in [0.4, 0.5) is 17.5 Å². The van der Waals surface area contributed by atoms with E-state index in [0.29, 0.717) is 37.1 Å². The molecule has 3 aromatic rings. The standard InChI is InChI=1S/C26H27N5O2/c1-3-15-31-25(33)21(18-27)24(29-16-13-19-9-5-6-10-20(19)14-17-29)28-26(31)30(4-2)22-11-7-8-12-23(22)32/h3,5-12,32H,1,4,13-17H2,2H3. The zero-order valence-electron chi connectivity index (χ0n) is 18.7. The largest absolute Gasteiger partial charge is 0.506 e. The molecule has 7 nitrogen and oxygen atoms in total. The van der Waals surface area contributed by atoms with Crippen LogP contribution in [0.3, 0.4) is 0 Å². The molecule has 0 aliphatic carbocycles. The third-order valence-electron chi connectivity index (χ3n) is 6.00. The summed E-state index contributed by atoms with van der Waals surface area (Å²) in [5.74, 6) is 0.856. The number of para-hydroxylation sites is 2. The van der Waals surface area contributed by atoms with Crippen LogP contribution in [-0.2, 0) is 19.4 Å². The highest BCUT2D eigenvalue weighted by molar-refractivity contribution is 5.67. The lowest BCUT2D eigenvalue weighted by Gasteiger charge is -2.29. The van der Waals surface area contributed by atoms with Crippen molar-refractivity contribution < 1.29 is 5.11 Å². The summed E-state index contributed by atoms with van der Waals surface area (Å²) in [6, 6.07) is 17.4. The van der Waals surface area contributed by atoms with Crippen molar-refractivity contribution >= 4 is 17.5 Å². The molecular weight excluding hydrogens is 414 g/mol. The summed E-state index contributed by atoms with van der Waals surface area (Å²) in [5.41, 5.74) is 2.72. The summed E-state index contributed by atoms with van der Waals surface area (Å²) < 4.78 is 1.44. The first-order valence-electron chi connectivity index (χ1n) is 11.1. The molecule has 1 aliphatic rings. The van der Waals surface area contributed by atoms with Gasteiger partial charge in [-0.15, -0.1) is 6.58 Å². The maximum Gasteiger partial charge on any atom is 0.275 e. The van der Waals surface area contributed by atoms with Crippen LogP contribution in [0.15, 0.2) is 66.0 Å². The molecule has 0 unspecified atom stereocenters. The topological polar surface area (TPSA) is 85.4 Å². The molecule has 7 heteroatoms. The minimum atomic E-state index is -0.409. The van der Waals surface area contributed by atoms with Gasteiger partial charge in [0.1, 0.15) is 11.8 Å². The van der Waals surface area contributed by atoms with Crippen molar-refractivity contribution in [3.63, 3.8) is 0 Å². The molecule has 1 aromatic heterocycles. The smallest absolute Gasteiger partial charge is 0.275 e. The first kappa shape index (κ1) is 22.2. The minimum absolute atomic E-state index is 0.0277. The molecule has 33 heavy (non-hydrogen) atoms. The van der Waals surface area contributed by atoms with E-state index in [1.165, 1.54) is 15.7 Å². The third kappa shape index (κ3) is 4.20. The number of phenolic OH excluding ortho intramolecular Hbond substituents is 1. The third-order valence-corrected chi connectivity index (χ3v) is 6.00. The first-order chi connectivity index (χ1) is 16.1. The summed E-state index contributed by atoms with van der Waals surface area (Å²) in [4.78, 5) is 22.1. The Hall–Kier alpha value is -4.05. The van der Waals surface area contributed by atoms with Crippen molar-refractivity contribution in [3.8, 4) is 11.8 Å². The summed E-state index contributed by atoms with van der Waals surface area (Å²) >= 11 is 0. The van der Waals surface area contributed by atoms with Crippen molar-refractivity contribution in [2.24, 2.45) is 0 Å². The molecule has 0 fully saturated rings. The van der Waals surface area contributed by atoms with Crippen LogP contribution in [-0.4, -0.2) is 34.3 Å². The van der Waals surface area contributed by atoms with Gasteiger partial charge in [0.2, 0.25) is 5.95 Å². The quantitative estimate of drug-likeness (QED) is 0.586. The molecular formula is C26H27N5O2. The van der Waals surface area contributed by atoms with Crippen LogP contribution in [0.2, 0.25) is 0 Å². The Balaban J connectivity index is 1.86. The fourth-order valence-corrected chi connectivity index (χ4v) is 4.35. The second kappa shape index (κ2) is 9.61. The number of fused-ring (bicyclic) bond motifs is 1. The van der Waals surface area contributed by atoms with Gasteiger partial charge in [-0.3, -0.25) is 9.36 Å². The Bertz CT molecular complexity index is 1250. The average Bonchev–Trinajstić information content (AvgIpc) is 3.05. The van der Waals surface area contributed by atoms with Crippen molar-refractivity contribution in [1.29, 1.82) is 5.26 Å². The van der Waals surface area contributed by atoms with Gasteiger partial charge in [0.05, 0.1) is 5.69 Å².